The third kappa shape index (κ3) is 6.44. The number of nitrogens with zero attached hydrogens (tertiary/aromatic N) is 6. The van der Waals surface area contributed by atoms with Crippen molar-refractivity contribution in [1.29, 1.82) is 0 Å². The summed E-state index contributed by atoms with van der Waals surface area (Å²) in [5.74, 6) is 2.04. The molecule has 0 fully saturated rings. The maximum absolute atomic E-state index is 5.50. The highest BCUT2D eigenvalue weighted by Crippen LogP contribution is 2.41. The summed E-state index contributed by atoms with van der Waals surface area (Å²) >= 11 is 0. The van der Waals surface area contributed by atoms with Gasteiger partial charge in [-0.05, 0) is 78.9 Å². The Morgan fingerprint density at radius 1 is 0.313 bits per heavy atom. The topological polar surface area (TPSA) is 53.5 Å². The molecule has 0 amide bonds. The minimum atomic E-state index is 0.618. The van der Waals surface area contributed by atoms with Crippen molar-refractivity contribution in [1.82, 2.24) is 28.7 Å². The summed E-state index contributed by atoms with van der Waals surface area (Å²) in [6.07, 6.45) is 3.49. The van der Waals surface area contributed by atoms with Crippen LogP contribution in [-0.4, -0.2) is 28.7 Å². The maximum atomic E-state index is 5.50. The molecule has 0 spiro atoms. The van der Waals surface area contributed by atoms with Crippen LogP contribution < -0.4 is 0 Å². The van der Waals surface area contributed by atoms with E-state index in [0.717, 1.165) is 69.5 Å². The van der Waals surface area contributed by atoms with Crippen LogP contribution in [-0.2, 0) is 12.8 Å². The van der Waals surface area contributed by atoms with Gasteiger partial charge in [0.1, 0.15) is 5.82 Å². The van der Waals surface area contributed by atoms with E-state index in [1.165, 1.54) is 54.6 Å². The molecule has 6 heteroatoms. The highest BCUT2D eigenvalue weighted by Gasteiger charge is 2.23. The molecule has 4 aromatic heterocycles. The van der Waals surface area contributed by atoms with Crippen LogP contribution in [0.1, 0.15) is 24.2 Å². The lowest BCUT2D eigenvalue weighted by molar-refractivity contribution is 0.698. The SMILES string of the molecule is c1ccc(-c2cccc(-c3nc(CCCCc4ccccc4-n4c5ccccc5c5ccccc54)nc(-n4c5ccccc5c5ccccc54)n3)c2-n2c3ccccc3c3ccccc32)cc1. The molecular formula is C61H44N6. The van der Waals surface area contributed by atoms with Crippen LogP contribution in [0.5, 0.6) is 0 Å². The molecule has 0 aliphatic carbocycles. The van der Waals surface area contributed by atoms with Crippen LogP contribution >= 0.6 is 0 Å². The maximum Gasteiger partial charge on any atom is 0.238 e. The van der Waals surface area contributed by atoms with Gasteiger partial charge in [0.2, 0.25) is 5.95 Å². The summed E-state index contributed by atoms with van der Waals surface area (Å²) in [5.41, 5.74) is 13.6. The lowest BCUT2D eigenvalue weighted by Gasteiger charge is -2.19. The van der Waals surface area contributed by atoms with E-state index in [1.807, 2.05) is 0 Å². The first-order chi connectivity index (χ1) is 33.3. The van der Waals surface area contributed by atoms with E-state index in [9.17, 15) is 0 Å². The minimum Gasteiger partial charge on any atom is -0.309 e. The molecule has 0 bridgehead atoms. The molecule has 0 unspecified atom stereocenters. The third-order valence-electron chi connectivity index (χ3n) is 13.5. The number of benzene rings is 9. The number of hydrogen-bond donors (Lipinski definition) is 0. The van der Waals surface area contributed by atoms with Gasteiger partial charge in [0, 0.05) is 55.6 Å². The number of hydrogen-bond acceptors (Lipinski definition) is 3. The van der Waals surface area contributed by atoms with Gasteiger partial charge >= 0.3 is 0 Å². The molecule has 0 saturated heterocycles. The lowest BCUT2D eigenvalue weighted by Crippen LogP contribution is -2.10. The predicted octanol–water partition coefficient (Wildman–Crippen LogP) is 15.1. The molecule has 318 valence electrons. The summed E-state index contributed by atoms with van der Waals surface area (Å²) in [5, 5.41) is 7.28. The molecule has 0 N–H and O–H groups in total. The first-order valence-electron chi connectivity index (χ1n) is 23.3. The number of unbranched alkanes of at least 4 members (excludes halogenated alkanes) is 1. The molecule has 9 aromatic carbocycles. The second kappa shape index (κ2) is 16.1. The summed E-state index contributed by atoms with van der Waals surface area (Å²) in [4.78, 5) is 16.3. The standard InChI is InChI=1S/C61H44N6/c1-2-21-41(22-3-1)43-31-20-32-50(59(43)66-54-36-15-8-27-46(54)47-28-9-16-37-55(47)66)60-62-58(63-61(64-60)67-56-38-17-10-29-48(56)49-30-11-18-39-57(49)67)40-19-5-24-42-23-4-12-33-51(42)65-52-34-13-6-25-44(52)45-26-7-14-35-53(45)65/h1-4,6-18,20-23,25-39H,5,19,24,40H2. The van der Waals surface area contributed by atoms with E-state index in [-0.39, 0.29) is 0 Å². The Morgan fingerprint density at radius 3 is 1.30 bits per heavy atom. The number of aryl methyl sites for hydroxylation is 2. The van der Waals surface area contributed by atoms with E-state index in [2.05, 4.69) is 232 Å². The van der Waals surface area contributed by atoms with Crippen LogP contribution in [0.3, 0.4) is 0 Å². The van der Waals surface area contributed by atoms with E-state index in [0.29, 0.717) is 18.2 Å². The highest BCUT2D eigenvalue weighted by atomic mass is 15.2. The number of fused-ring (bicyclic) bond motifs is 9. The van der Waals surface area contributed by atoms with E-state index in [1.54, 1.807) is 0 Å². The van der Waals surface area contributed by atoms with E-state index < -0.39 is 0 Å². The molecule has 67 heavy (non-hydrogen) atoms. The van der Waals surface area contributed by atoms with Crippen LogP contribution in [0, 0.1) is 0 Å². The average molecular weight is 861 g/mol. The highest BCUT2D eigenvalue weighted by molar-refractivity contribution is 6.12. The first kappa shape index (κ1) is 38.8. The van der Waals surface area contributed by atoms with E-state index in [4.69, 9.17) is 15.0 Å². The van der Waals surface area contributed by atoms with Crippen molar-refractivity contribution in [3.05, 3.63) is 230 Å². The Bertz CT molecular complexity index is 3840. The number of rotatable bonds is 10. The molecule has 4 heterocycles. The van der Waals surface area contributed by atoms with Crippen molar-refractivity contribution in [2.45, 2.75) is 25.7 Å². The molecule has 0 saturated carbocycles. The Kier molecular flexibility index (Phi) is 9.34. The van der Waals surface area contributed by atoms with Crippen molar-refractivity contribution < 1.29 is 0 Å². The number of para-hydroxylation sites is 8. The molecular weight excluding hydrogens is 817 g/mol. The van der Waals surface area contributed by atoms with Crippen LogP contribution in [0.25, 0.3) is 105 Å². The Morgan fingerprint density at radius 2 is 0.746 bits per heavy atom. The Hall–Kier alpha value is -8.61. The summed E-state index contributed by atoms with van der Waals surface area (Å²) in [7, 11) is 0. The van der Waals surface area contributed by atoms with Crippen LogP contribution in [0.4, 0.5) is 0 Å². The minimum absolute atomic E-state index is 0.618. The first-order valence-corrected chi connectivity index (χ1v) is 23.3. The van der Waals surface area contributed by atoms with Crippen LogP contribution in [0.2, 0.25) is 0 Å². The van der Waals surface area contributed by atoms with Crippen molar-refractivity contribution >= 4 is 65.4 Å². The molecule has 0 aliphatic heterocycles. The largest absolute Gasteiger partial charge is 0.309 e. The monoisotopic (exact) mass is 860 g/mol. The van der Waals surface area contributed by atoms with Gasteiger partial charge in [0.25, 0.3) is 0 Å². The quantitative estimate of drug-likeness (QED) is 0.129. The fraction of sp³-hybridized carbons (Fsp3) is 0.0656. The van der Waals surface area contributed by atoms with Gasteiger partial charge in [-0.1, -0.05) is 170 Å². The summed E-state index contributed by atoms with van der Waals surface area (Å²) in [6, 6.07) is 78.2. The van der Waals surface area contributed by atoms with E-state index >= 15 is 0 Å². The fourth-order valence-electron chi connectivity index (χ4n) is 10.6. The average Bonchev–Trinajstić information content (AvgIpc) is 4.04. The van der Waals surface area contributed by atoms with Gasteiger partial charge in [0.15, 0.2) is 5.82 Å². The molecule has 0 radical (unpaired) electrons. The van der Waals surface area contributed by atoms with Gasteiger partial charge in [-0.15, -0.1) is 0 Å². The Labute approximate surface area is 387 Å². The smallest absolute Gasteiger partial charge is 0.238 e. The lowest BCUT2D eigenvalue weighted by atomic mass is 9.99. The molecule has 13 aromatic rings. The third-order valence-corrected chi connectivity index (χ3v) is 13.5. The van der Waals surface area contributed by atoms with Gasteiger partial charge < -0.3 is 9.13 Å². The van der Waals surface area contributed by atoms with Gasteiger partial charge in [0.05, 0.1) is 38.8 Å². The normalized spacial score (nSPS) is 11.8. The van der Waals surface area contributed by atoms with Gasteiger partial charge in [-0.2, -0.15) is 9.97 Å². The van der Waals surface area contributed by atoms with Crippen molar-refractivity contribution in [3.63, 3.8) is 0 Å². The van der Waals surface area contributed by atoms with Crippen molar-refractivity contribution in [2.75, 3.05) is 0 Å². The summed E-state index contributed by atoms with van der Waals surface area (Å²) in [6.45, 7) is 0. The zero-order valence-corrected chi connectivity index (χ0v) is 36.8. The van der Waals surface area contributed by atoms with Gasteiger partial charge in [-0.25, -0.2) is 4.98 Å². The molecule has 0 aliphatic rings. The summed E-state index contributed by atoms with van der Waals surface area (Å²) < 4.78 is 7.08. The second-order valence-corrected chi connectivity index (χ2v) is 17.4. The Balaban J connectivity index is 0.957. The van der Waals surface area contributed by atoms with Crippen molar-refractivity contribution in [3.8, 4) is 39.8 Å². The zero-order chi connectivity index (χ0) is 44.3. The predicted molar refractivity (Wildman–Crippen MR) is 277 cm³/mol. The molecule has 13 rings (SSSR count). The number of aromatic nitrogens is 6. The van der Waals surface area contributed by atoms with Gasteiger partial charge in [-0.3, -0.25) is 4.57 Å². The molecule has 6 nitrogen and oxygen atoms in total. The zero-order valence-electron chi connectivity index (χ0n) is 36.8. The van der Waals surface area contributed by atoms with Crippen LogP contribution in [0.15, 0.2) is 218 Å². The second-order valence-electron chi connectivity index (χ2n) is 17.4. The molecule has 0 atom stereocenters. The fourth-order valence-corrected chi connectivity index (χ4v) is 10.6. The van der Waals surface area contributed by atoms with Crippen molar-refractivity contribution in [2.24, 2.45) is 0 Å².